The van der Waals surface area contributed by atoms with Crippen molar-refractivity contribution in [3.63, 3.8) is 0 Å². The van der Waals surface area contributed by atoms with Crippen molar-refractivity contribution in [1.82, 2.24) is 5.32 Å². The number of halogens is 1. The molecule has 1 N–H and O–H groups in total. The van der Waals surface area contributed by atoms with Gasteiger partial charge in [-0.05, 0) is 24.1 Å². The molecule has 0 fully saturated rings. The molecule has 1 amide bonds. The molecule has 0 spiro atoms. The molecule has 108 valence electrons. The van der Waals surface area contributed by atoms with Gasteiger partial charge in [-0.1, -0.05) is 52.3 Å². The summed E-state index contributed by atoms with van der Waals surface area (Å²) in [5, 5.41) is 3.03. The number of fused-ring (bicyclic) bond motifs is 1. The van der Waals surface area contributed by atoms with Gasteiger partial charge >= 0.3 is 0 Å². The summed E-state index contributed by atoms with van der Waals surface area (Å²) in [6.45, 7) is 1.11. The third-order valence-electron chi connectivity index (χ3n) is 3.69. The number of para-hydroxylation sites is 1. The van der Waals surface area contributed by atoms with Crippen molar-refractivity contribution in [2.75, 3.05) is 6.61 Å². The van der Waals surface area contributed by atoms with Gasteiger partial charge in [0.1, 0.15) is 5.75 Å². The number of ether oxygens (including phenoxy) is 1. The van der Waals surface area contributed by atoms with Crippen LogP contribution in [0.1, 0.15) is 23.5 Å². The SMILES string of the molecule is O=C(NCc1ccccc1Br)C1CCOc2ccccc21. The quantitative estimate of drug-likeness (QED) is 0.922. The van der Waals surface area contributed by atoms with Gasteiger partial charge in [0.2, 0.25) is 5.91 Å². The molecule has 3 rings (SSSR count). The maximum Gasteiger partial charge on any atom is 0.228 e. The zero-order valence-corrected chi connectivity index (χ0v) is 13.1. The van der Waals surface area contributed by atoms with Crippen molar-refractivity contribution in [1.29, 1.82) is 0 Å². The zero-order valence-electron chi connectivity index (χ0n) is 11.5. The summed E-state index contributed by atoms with van der Waals surface area (Å²) in [7, 11) is 0. The number of nitrogens with one attached hydrogen (secondary N) is 1. The van der Waals surface area contributed by atoms with Crippen LogP contribution in [0, 0.1) is 0 Å². The standard InChI is InChI=1S/C17H16BrNO2/c18-15-7-3-1-5-12(15)11-19-17(20)14-9-10-21-16-8-4-2-6-13(14)16/h1-8,14H,9-11H2,(H,19,20). The van der Waals surface area contributed by atoms with E-state index in [1.165, 1.54) is 0 Å². The Bertz CT molecular complexity index is 657. The van der Waals surface area contributed by atoms with E-state index in [2.05, 4.69) is 21.2 Å². The van der Waals surface area contributed by atoms with Crippen LogP contribution in [0.25, 0.3) is 0 Å². The molecule has 3 nitrogen and oxygen atoms in total. The number of rotatable bonds is 3. The number of benzene rings is 2. The Morgan fingerprint density at radius 3 is 2.81 bits per heavy atom. The van der Waals surface area contributed by atoms with Crippen LogP contribution in [-0.4, -0.2) is 12.5 Å². The van der Waals surface area contributed by atoms with E-state index in [1.54, 1.807) is 0 Å². The molecule has 0 radical (unpaired) electrons. The number of hydrogen-bond donors (Lipinski definition) is 1. The Balaban J connectivity index is 1.71. The Kier molecular flexibility index (Phi) is 4.25. The molecular formula is C17H16BrNO2. The lowest BCUT2D eigenvalue weighted by molar-refractivity contribution is -0.123. The van der Waals surface area contributed by atoms with E-state index >= 15 is 0 Å². The van der Waals surface area contributed by atoms with Gasteiger partial charge < -0.3 is 10.1 Å². The van der Waals surface area contributed by atoms with E-state index in [0.717, 1.165) is 27.8 Å². The molecule has 0 aromatic heterocycles. The monoisotopic (exact) mass is 345 g/mol. The van der Waals surface area contributed by atoms with Gasteiger partial charge in [0.05, 0.1) is 12.5 Å². The highest BCUT2D eigenvalue weighted by Crippen LogP contribution is 2.33. The highest BCUT2D eigenvalue weighted by Gasteiger charge is 2.27. The number of hydrogen-bond acceptors (Lipinski definition) is 2. The molecular weight excluding hydrogens is 330 g/mol. The third kappa shape index (κ3) is 3.10. The molecule has 21 heavy (non-hydrogen) atoms. The van der Waals surface area contributed by atoms with E-state index in [9.17, 15) is 4.79 Å². The van der Waals surface area contributed by atoms with Crippen LogP contribution in [0.15, 0.2) is 53.0 Å². The molecule has 0 saturated heterocycles. The van der Waals surface area contributed by atoms with Crippen LogP contribution in [0.5, 0.6) is 5.75 Å². The molecule has 0 aliphatic carbocycles. The van der Waals surface area contributed by atoms with Gasteiger partial charge in [0.25, 0.3) is 0 Å². The van der Waals surface area contributed by atoms with Crippen LogP contribution in [0.2, 0.25) is 0 Å². The summed E-state index contributed by atoms with van der Waals surface area (Å²) >= 11 is 3.50. The van der Waals surface area contributed by atoms with Crippen molar-refractivity contribution in [3.8, 4) is 5.75 Å². The van der Waals surface area contributed by atoms with Crippen LogP contribution in [-0.2, 0) is 11.3 Å². The average molecular weight is 346 g/mol. The molecule has 0 bridgehead atoms. The highest BCUT2D eigenvalue weighted by atomic mass is 79.9. The number of carbonyl (C=O) groups is 1. The van der Waals surface area contributed by atoms with Gasteiger partial charge in [-0.15, -0.1) is 0 Å². The largest absolute Gasteiger partial charge is 0.493 e. The summed E-state index contributed by atoms with van der Waals surface area (Å²) in [6, 6.07) is 15.7. The topological polar surface area (TPSA) is 38.3 Å². The van der Waals surface area contributed by atoms with Crippen molar-refractivity contribution < 1.29 is 9.53 Å². The highest BCUT2D eigenvalue weighted by molar-refractivity contribution is 9.10. The third-order valence-corrected chi connectivity index (χ3v) is 4.46. The maximum absolute atomic E-state index is 12.5. The van der Waals surface area contributed by atoms with Gasteiger partial charge in [0, 0.05) is 16.6 Å². The van der Waals surface area contributed by atoms with Crippen molar-refractivity contribution >= 4 is 21.8 Å². The molecule has 1 atom stereocenters. The fourth-order valence-electron chi connectivity index (χ4n) is 2.56. The van der Waals surface area contributed by atoms with Gasteiger partial charge in [-0.2, -0.15) is 0 Å². The first-order chi connectivity index (χ1) is 10.3. The predicted octanol–water partition coefficient (Wildman–Crippen LogP) is 3.63. The second kappa shape index (κ2) is 6.31. The maximum atomic E-state index is 12.5. The first kappa shape index (κ1) is 14.1. The summed E-state index contributed by atoms with van der Waals surface area (Å²) in [6.07, 6.45) is 0.721. The minimum absolute atomic E-state index is 0.0569. The lowest BCUT2D eigenvalue weighted by Gasteiger charge is -2.25. The minimum Gasteiger partial charge on any atom is -0.493 e. The second-order valence-electron chi connectivity index (χ2n) is 5.04. The van der Waals surface area contributed by atoms with E-state index < -0.39 is 0 Å². The summed E-state index contributed by atoms with van der Waals surface area (Å²) in [5.74, 6) is 0.753. The molecule has 1 aliphatic heterocycles. The van der Waals surface area contributed by atoms with E-state index in [0.29, 0.717) is 13.2 Å². The fourth-order valence-corrected chi connectivity index (χ4v) is 2.99. The molecule has 4 heteroatoms. The van der Waals surface area contributed by atoms with E-state index in [4.69, 9.17) is 4.74 Å². The smallest absolute Gasteiger partial charge is 0.228 e. The summed E-state index contributed by atoms with van der Waals surface area (Å²) < 4.78 is 6.61. The van der Waals surface area contributed by atoms with Crippen molar-refractivity contribution in [2.45, 2.75) is 18.9 Å². The molecule has 2 aromatic rings. The minimum atomic E-state index is -0.127. The average Bonchev–Trinajstić information content (AvgIpc) is 2.53. The van der Waals surface area contributed by atoms with Crippen LogP contribution < -0.4 is 10.1 Å². The Morgan fingerprint density at radius 2 is 1.95 bits per heavy atom. The van der Waals surface area contributed by atoms with E-state index in [1.807, 2.05) is 48.5 Å². The first-order valence-electron chi connectivity index (χ1n) is 6.98. The molecule has 1 aliphatic rings. The van der Waals surface area contributed by atoms with Crippen LogP contribution >= 0.6 is 15.9 Å². The van der Waals surface area contributed by atoms with Crippen molar-refractivity contribution in [3.05, 3.63) is 64.1 Å². The normalized spacial score (nSPS) is 16.7. The molecule has 0 saturated carbocycles. The van der Waals surface area contributed by atoms with Crippen LogP contribution in [0.3, 0.4) is 0 Å². The van der Waals surface area contributed by atoms with Gasteiger partial charge in [-0.3, -0.25) is 4.79 Å². The zero-order chi connectivity index (χ0) is 14.7. The second-order valence-corrected chi connectivity index (χ2v) is 5.89. The van der Waals surface area contributed by atoms with Crippen LogP contribution in [0.4, 0.5) is 0 Å². The summed E-state index contributed by atoms with van der Waals surface area (Å²) in [4.78, 5) is 12.5. The van der Waals surface area contributed by atoms with Gasteiger partial charge in [-0.25, -0.2) is 0 Å². The first-order valence-corrected chi connectivity index (χ1v) is 7.78. The van der Waals surface area contributed by atoms with E-state index in [-0.39, 0.29) is 11.8 Å². The Labute approximate surface area is 132 Å². The Hall–Kier alpha value is -1.81. The lowest BCUT2D eigenvalue weighted by Crippen LogP contribution is -2.32. The fraction of sp³-hybridized carbons (Fsp3) is 0.235. The van der Waals surface area contributed by atoms with Crippen molar-refractivity contribution in [2.24, 2.45) is 0 Å². The predicted molar refractivity (Wildman–Crippen MR) is 85.3 cm³/mol. The van der Waals surface area contributed by atoms with Gasteiger partial charge in [0.15, 0.2) is 0 Å². The summed E-state index contributed by atoms with van der Waals surface area (Å²) in [5.41, 5.74) is 2.06. The Morgan fingerprint density at radius 1 is 1.19 bits per heavy atom. The molecule has 1 heterocycles. The molecule has 1 unspecified atom stereocenters. The number of carbonyl (C=O) groups excluding carboxylic acids is 1. The number of amides is 1. The lowest BCUT2D eigenvalue weighted by atomic mass is 9.92. The molecule has 2 aromatic carbocycles.